The molecule has 0 amide bonds. The molecule has 1 N–H and O–H groups in total. The number of sulfonamides is 1. The van der Waals surface area contributed by atoms with E-state index in [-0.39, 0.29) is 4.90 Å². The number of nitrogens with zero attached hydrogens (tertiary/aromatic N) is 3. The van der Waals surface area contributed by atoms with Crippen LogP contribution >= 0.6 is 11.8 Å². The zero-order valence-corrected chi connectivity index (χ0v) is 12.3. The van der Waals surface area contributed by atoms with Crippen molar-refractivity contribution in [2.45, 2.75) is 17.0 Å². The number of aromatic nitrogens is 3. The van der Waals surface area contributed by atoms with Crippen molar-refractivity contribution >= 4 is 21.8 Å². The fraction of sp³-hybridized carbons (Fsp3) is 0.167. The van der Waals surface area contributed by atoms with Crippen molar-refractivity contribution in [2.75, 3.05) is 10.6 Å². The highest BCUT2D eigenvalue weighted by molar-refractivity contribution is 7.99. The van der Waals surface area contributed by atoms with E-state index < -0.39 is 10.0 Å². The highest BCUT2D eigenvalue weighted by atomic mass is 32.2. The van der Waals surface area contributed by atoms with Crippen molar-refractivity contribution in [1.82, 2.24) is 14.9 Å². The van der Waals surface area contributed by atoms with Crippen LogP contribution in [0, 0.1) is 19.3 Å². The van der Waals surface area contributed by atoms with Crippen molar-refractivity contribution in [3.8, 4) is 12.3 Å². The molecule has 1 heterocycles. The van der Waals surface area contributed by atoms with Gasteiger partial charge in [0, 0.05) is 0 Å². The molecule has 0 saturated heterocycles. The standard InChI is InChI=1S/C12H12N4O2S2/c1-3-8-19-12-14-13-9-16(12)15-20(17,18)11-6-4-10(2)5-7-11/h1,4-7,9,15H,8H2,2H3. The molecule has 20 heavy (non-hydrogen) atoms. The largest absolute Gasteiger partial charge is 0.275 e. The number of benzene rings is 1. The van der Waals surface area contributed by atoms with Gasteiger partial charge in [-0.2, -0.15) is 8.42 Å². The molecule has 0 spiro atoms. The molecule has 2 rings (SSSR count). The Morgan fingerprint density at radius 1 is 1.40 bits per heavy atom. The summed E-state index contributed by atoms with van der Waals surface area (Å²) in [6, 6.07) is 6.54. The van der Waals surface area contributed by atoms with Gasteiger partial charge in [0.1, 0.15) is 6.33 Å². The summed E-state index contributed by atoms with van der Waals surface area (Å²) in [5, 5.41) is 7.85. The first-order valence-electron chi connectivity index (χ1n) is 5.59. The second-order valence-electron chi connectivity index (χ2n) is 3.88. The Kier molecular flexibility index (Phi) is 4.32. The molecule has 0 bridgehead atoms. The van der Waals surface area contributed by atoms with E-state index in [1.165, 1.54) is 34.9 Å². The van der Waals surface area contributed by atoms with E-state index >= 15 is 0 Å². The van der Waals surface area contributed by atoms with Gasteiger partial charge in [-0.3, -0.25) is 0 Å². The summed E-state index contributed by atoms with van der Waals surface area (Å²) in [7, 11) is -3.68. The molecule has 1 aromatic heterocycles. The maximum absolute atomic E-state index is 12.2. The van der Waals surface area contributed by atoms with Gasteiger partial charge in [-0.25, -0.2) is 9.51 Å². The monoisotopic (exact) mass is 308 g/mol. The molecule has 0 aliphatic carbocycles. The normalized spacial score (nSPS) is 11.0. The molecule has 8 heteroatoms. The topological polar surface area (TPSA) is 76.9 Å². The summed E-state index contributed by atoms with van der Waals surface area (Å²) in [5.74, 6) is 2.82. The summed E-state index contributed by atoms with van der Waals surface area (Å²) >= 11 is 1.22. The predicted molar refractivity (Wildman–Crippen MR) is 77.3 cm³/mol. The highest BCUT2D eigenvalue weighted by Gasteiger charge is 2.16. The Morgan fingerprint density at radius 3 is 2.75 bits per heavy atom. The van der Waals surface area contributed by atoms with Gasteiger partial charge in [-0.15, -0.1) is 16.6 Å². The Bertz CT molecular complexity index is 730. The Morgan fingerprint density at radius 2 is 2.10 bits per heavy atom. The number of terminal acetylenes is 1. The molecular weight excluding hydrogens is 296 g/mol. The maximum Gasteiger partial charge on any atom is 0.275 e. The molecule has 0 aliphatic heterocycles. The first-order chi connectivity index (χ1) is 9.53. The van der Waals surface area contributed by atoms with E-state index in [0.717, 1.165) is 5.56 Å². The van der Waals surface area contributed by atoms with Crippen LogP contribution in [0.4, 0.5) is 0 Å². The zero-order chi connectivity index (χ0) is 14.6. The molecular formula is C12H12N4O2S2. The van der Waals surface area contributed by atoms with Gasteiger partial charge >= 0.3 is 0 Å². The van der Waals surface area contributed by atoms with Gasteiger partial charge < -0.3 is 0 Å². The van der Waals surface area contributed by atoms with Gasteiger partial charge in [-0.05, 0) is 19.1 Å². The second-order valence-corrected chi connectivity index (χ2v) is 6.49. The number of rotatable bonds is 5. The summed E-state index contributed by atoms with van der Waals surface area (Å²) in [6.45, 7) is 1.89. The lowest BCUT2D eigenvalue weighted by Gasteiger charge is -2.09. The van der Waals surface area contributed by atoms with Gasteiger partial charge in [0.2, 0.25) is 5.16 Å². The van der Waals surface area contributed by atoms with E-state index in [9.17, 15) is 8.42 Å². The van der Waals surface area contributed by atoms with Crippen molar-refractivity contribution in [3.05, 3.63) is 36.2 Å². The third-order valence-electron chi connectivity index (χ3n) is 2.35. The van der Waals surface area contributed by atoms with E-state index in [1.54, 1.807) is 12.1 Å². The Labute approximate surface area is 121 Å². The summed E-state index contributed by atoms with van der Waals surface area (Å²) in [6.07, 6.45) is 6.44. The fourth-order valence-electron chi connectivity index (χ4n) is 1.39. The van der Waals surface area contributed by atoms with Crippen molar-refractivity contribution < 1.29 is 8.42 Å². The summed E-state index contributed by atoms with van der Waals surface area (Å²) in [5.41, 5.74) is 0.985. The number of hydrogen-bond acceptors (Lipinski definition) is 5. The van der Waals surface area contributed by atoms with Crippen LogP contribution in [-0.4, -0.2) is 29.0 Å². The molecule has 104 valence electrons. The summed E-state index contributed by atoms with van der Waals surface area (Å²) in [4.78, 5) is 2.56. The SMILES string of the molecule is C#CCSc1nncn1NS(=O)(=O)c1ccc(C)cc1. The van der Waals surface area contributed by atoms with Gasteiger partial charge in [-0.1, -0.05) is 35.4 Å². The minimum atomic E-state index is -3.68. The van der Waals surface area contributed by atoms with Crippen LogP contribution in [0.25, 0.3) is 0 Å². The van der Waals surface area contributed by atoms with Crippen LogP contribution in [0.5, 0.6) is 0 Å². The first-order valence-corrected chi connectivity index (χ1v) is 8.05. The molecule has 1 aromatic carbocycles. The molecule has 0 saturated carbocycles. The van der Waals surface area contributed by atoms with E-state index in [4.69, 9.17) is 6.42 Å². The Hall–Kier alpha value is -1.98. The number of thioether (sulfide) groups is 1. The minimum absolute atomic E-state index is 0.171. The molecule has 0 radical (unpaired) electrons. The van der Waals surface area contributed by atoms with Gasteiger partial charge in [0.05, 0.1) is 10.6 Å². The van der Waals surface area contributed by atoms with E-state index in [1.807, 2.05) is 6.92 Å². The van der Waals surface area contributed by atoms with E-state index in [0.29, 0.717) is 10.9 Å². The fourth-order valence-corrected chi connectivity index (χ4v) is 2.99. The van der Waals surface area contributed by atoms with Gasteiger partial charge in [0.15, 0.2) is 0 Å². The third-order valence-corrected chi connectivity index (χ3v) is 4.53. The first kappa shape index (κ1) is 14.4. The lowest BCUT2D eigenvalue weighted by molar-refractivity contribution is 0.593. The molecule has 0 atom stereocenters. The average molecular weight is 308 g/mol. The number of aryl methyl sites for hydroxylation is 1. The number of hydrogen-bond donors (Lipinski definition) is 1. The molecule has 6 nitrogen and oxygen atoms in total. The van der Waals surface area contributed by atoms with Crippen LogP contribution in [-0.2, 0) is 10.0 Å². The molecule has 0 unspecified atom stereocenters. The lowest BCUT2D eigenvalue weighted by atomic mass is 10.2. The smallest absolute Gasteiger partial charge is 0.213 e. The third kappa shape index (κ3) is 3.31. The minimum Gasteiger partial charge on any atom is -0.213 e. The quantitative estimate of drug-likeness (QED) is 0.664. The van der Waals surface area contributed by atoms with Crippen molar-refractivity contribution in [2.24, 2.45) is 0 Å². The van der Waals surface area contributed by atoms with Crippen LogP contribution in [0.3, 0.4) is 0 Å². The Balaban J connectivity index is 2.23. The highest BCUT2D eigenvalue weighted by Crippen LogP contribution is 2.15. The maximum atomic E-state index is 12.2. The second kappa shape index (κ2) is 5.98. The average Bonchev–Trinajstić information content (AvgIpc) is 2.83. The molecule has 2 aromatic rings. The van der Waals surface area contributed by atoms with Crippen molar-refractivity contribution in [3.63, 3.8) is 0 Å². The van der Waals surface area contributed by atoms with Crippen LogP contribution < -0.4 is 4.83 Å². The predicted octanol–water partition coefficient (Wildman–Crippen LogP) is 1.24. The van der Waals surface area contributed by atoms with Crippen LogP contribution in [0.1, 0.15) is 5.56 Å². The lowest BCUT2D eigenvalue weighted by Crippen LogP contribution is -2.23. The molecule has 0 aliphatic rings. The zero-order valence-electron chi connectivity index (χ0n) is 10.6. The van der Waals surface area contributed by atoms with E-state index in [2.05, 4.69) is 20.9 Å². The molecule has 0 fully saturated rings. The summed E-state index contributed by atoms with van der Waals surface area (Å²) < 4.78 is 25.6. The van der Waals surface area contributed by atoms with Crippen LogP contribution in [0.15, 0.2) is 40.6 Å². The van der Waals surface area contributed by atoms with Crippen LogP contribution in [0.2, 0.25) is 0 Å². The number of nitrogens with one attached hydrogen (secondary N) is 1. The van der Waals surface area contributed by atoms with Crippen molar-refractivity contribution in [1.29, 1.82) is 0 Å². The van der Waals surface area contributed by atoms with Gasteiger partial charge in [0.25, 0.3) is 10.0 Å².